The molecular weight excluding hydrogens is 342 g/mol. The van der Waals surface area contributed by atoms with E-state index in [1.54, 1.807) is 0 Å². The summed E-state index contributed by atoms with van der Waals surface area (Å²) in [5.41, 5.74) is 1.08. The number of benzene rings is 1. The molecule has 0 saturated carbocycles. The van der Waals surface area contributed by atoms with Crippen LogP contribution in [0.5, 0.6) is 0 Å². The zero-order valence-electron chi connectivity index (χ0n) is 16.2. The molecule has 1 aromatic carbocycles. The van der Waals surface area contributed by atoms with Crippen molar-refractivity contribution >= 4 is 12.0 Å². The summed E-state index contributed by atoms with van der Waals surface area (Å²) in [6, 6.07) is 9.60. The highest BCUT2D eigenvalue weighted by molar-refractivity contribution is 5.93. The van der Waals surface area contributed by atoms with E-state index in [-0.39, 0.29) is 43.1 Å². The van der Waals surface area contributed by atoms with Crippen LogP contribution in [0.1, 0.15) is 38.7 Å². The lowest BCUT2D eigenvalue weighted by Crippen LogP contribution is -2.45. The van der Waals surface area contributed by atoms with Crippen molar-refractivity contribution < 1.29 is 19.1 Å². The van der Waals surface area contributed by atoms with Crippen LogP contribution in [0.3, 0.4) is 0 Å². The van der Waals surface area contributed by atoms with E-state index in [0.29, 0.717) is 12.3 Å². The van der Waals surface area contributed by atoms with Crippen LogP contribution in [-0.4, -0.2) is 41.8 Å². The Balaban J connectivity index is 1.67. The Bertz CT molecular complexity index is 674. The first-order valence-electron chi connectivity index (χ1n) is 9.78. The zero-order valence-corrected chi connectivity index (χ0v) is 16.2. The molecule has 0 spiro atoms. The Morgan fingerprint density at radius 1 is 1.30 bits per heavy atom. The molecule has 146 valence electrons. The predicted molar refractivity (Wildman–Crippen MR) is 103 cm³/mol. The Hall–Kier alpha value is -2.14. The maximum Gasteiger partial charge on any atom is 0.416 e. The SMILES string of the molecule is C=CC[C@H]1C[C@@H](C)[C@H](C)[C@H](CC(=O)N2C(=O)OC[C@@H]2Cc2ccccc2)O1. The number of nitrogens with zero attached hydrogens (tertiary/aromatic N) is 1. The highest BCUT2D eigenvalue weighted by atomic mass is 16.6. The van der Waals surface area contributed by atoms with Crippen LogP contribution in [0.2, 0.25) is 0 Å². The van der Waals surface area contributed by atoms with Gasteiger partial charge >= 0.3 is 6.09 Å². The summed E-state index contributed by atoms with van der Waals surface area (Å²) in [6.07, 6.45) is 3.80. The first-order chi connectivity index (χ1) is 13.0. The summed E-state index contributed by atoms with van der Waals surface area (Å²) in [4.78, 5) is 26.5. The van der Waals surface area contributed by atoms with Gasteiger partial charge in [0.25, 0.3) is 0 Å². The van der Waals surface area contributed by atoms with Crippen molar-refractivity contribution in [2.75, 3.05) is 6.61 Å². The van der Waals surface area contributed by atoms with Crippen LogP contribution < -0.4 is 0 Å². The third-order valence-corrected chi connectivity index (χ3v) is 5.84. The molecule has 0 radical (unpaired) electrons. The number of hydrogen-bond donors (Lipinski definition) is 0. The van der Waals surface area contributed by atoms with Crippen molar-refractivity contribution in [2.45, 2.75) is 57.8 Å². The average Bonchev–Trinajstić information content (AvgIpc) is 3.00. The number of imide groups is 1. The molecule has 2 aliphatic rings. The first kappa shape index (κ1) is 19.6. The molecule has 2 aliphatic heterocycles. The normalized spacial score (nSPS) is 30.8. The number of carbonyl (C=O) groups is 2. The lowest BCUT2D eigenvalue weighted by atomic mass is 9.81. The molecule has 0 bridgehead atoms. The van der Waals surface area contributed by atoms with Crippen LogP contribution in [0.25, 0.3) is 0 Å². The van der Waals surface area contributed by atoms with Crippen molar-refractivity contribution in [3.63, 3.8) is 0 Å². The first-order valence-corrected chi connectivity index (χ1v) is 9.78. The smallest absolute Gasteiger partial charge is 0.416 e. The van der Waals surface area contributed by atoms with Crippen molar-refractivity contribution in [1.29, 1.82) is 0 Å². The fourth-order valence-electron chi connectivity index (χ4n) is 4.07. The lowest BCUT2D eigenvalue weighted by molar-refractivity contribution is -0.141. The van der Waals surface area contributed by atoms with Crippen molar-refractivity contribution in [3.8, 4) is 0 Å². The number of rotatable bonds is 6. The van der Waals surface area contributed by atoms with Crippen molar-refractivity contribution in [3.05, 3.63) is 48.6 Å². The second kappa shape index (κ2) is 8.70. The quantitative estimate of drug-likeness (QED) is 0.710. The van der Waals surface area contributed by atoms with Gasteiger partial charge in [-0.1, -0.05) is 50.3 Å². The molecule has 2 fully saturated rings. The molecule has 0 unspecified atom stereocenters. The van der Waals surface area contributed by atoms with Gasteiger partial charge in [0.2, 0.25) is 5.91 Å². The minimum atomic E-state index is -0.542. The van der Waals surface area contributed by atoms with Gasteiger partial charge in [-0.15, -0.1) is 6.58 Å². The number of hydrogen-bond acceptors (Lipinski definition) is 4. The van der Waals surface area contributed by atoms with Crippen LogP contribution in [0.15, 0.2) is 43.0 Å². The molecule has 0 N–H and O–H groups in total. The Labute approximate surface area is 161 Å². The van der Waals surface area contributed by atoms with Gasteiger partial charge in [0.15, 0.2) is 0 Å². The largest absolute Gasteiger partial charge is 0.447 e. The summed E-state index contributed by atoms with van der Waals surface area (Å²) in [7, 11) is 0. The number of cyclic esters (lactones) is 1. The van der Waals surface area contributed by atoms with E-state index in [9.17, 15) is 9.59 Å². The van der Waals surface area contributed by atoms with E-state index in [1.807, 2.05) is 36.4 Å². The number of carbonyl (C=O) groups excluding carboxylic acids is 2. The predicted octanol–water partition coefficient (Wildman–Crippen LogP) is 3.97. The minimum Gasteiger partial charge on any atom is -0.447 e. The molecule has 2 saturated heterocycles. The Kier molecular flexibility index (Phi) is 6.32. The zero-order chi connectivity index (χ0) is 19.4. The topological polar surface area (TPSA) is 55.8 Å². The number of ether oxygens (including phenoxy) is 2. The summed E-state index contributed by atoms with van der Waals surface area (Å²) in [6.45, 7) is 8.36. The second-order valence-electron chi connectivity index (χ2n) is 7.78. The van der Waals surface area contributed by atoms with Crippen LogP contribution >= 0.6 is 0 Å². The van der Waals surface area contributed by atoms with Gasteiger partial charge in [-0.05, 0) is 36.7 Å². The summed E-state index contributed by atoms with van der Waals surface area (Å²) in [5.74, 6) is 0.523. The van der Waals surface area contributed by atoms with Gasteiger partial charge < -0.3 is 9.47 Å². The van der Waals surface area contributed by atoms with Crippen LogP contribution in [0.4, 0.5) is 4.79 Å². The van der Waals surface area contributed by atoms with Crippen molar-refractivity contribution in [2.24, 2.45) is 11.8 Å². The molecule has 3 rings (SSSR count). The van der Waals surface area contributed by atoms with Gasteiger partial charge in [0.1, 0.15) is 6.61 Å². The van der Waals surface area contributed by atoms with E-state index < -0.39 is 6.09 Å². The van der Waals surface area contributed by atoms with Gasteiger partial charge in [0, 0.05) is 0 Å². The van der Waals surface area contributed by atoms with Crippen LogP contribution in [-0.2, 0) is 20.7 Å². The maximum atomic E-state index is 13.0. The third-order valence-electron chi connectivity index (χ3n) is 5.84. The summed E-state index contributed by atoms with van der Waals surface area (Å²) in [5, 5.41) is 0. The lowest BCUT2D eigenvalue weighted by Gasteiger charge is -2.39. The van der Waals surface area contributed by atoms with E-state index >= 15 is 0 Å². The molecule has 0 aliphatic carbocycles. The average molecular weight is 371 g/mol. The molecular formula is C22H29NO4. The van der Waals surface area contributed by atoms with Gasteiger partial charge in [-0.2, -0.15) is 0 Å². The molecule has 5 nitrogen and oxygen atoms in total. The minimum absolute atomic E-state index is 0.0946. The molecule has 1 aromatic rings. The maximum absolute atomic E-state index is 13.0. The van der Waals surface area contributed by atoms with E-state index in [2.05, 4.69) is 20.4 Å². The molecule has 2 heterocycles. The van der Waals surface area contributed by atoms with Gasteiger partial charge in [-0.3, -0.25) is 4.79 Å². The highest BCUT2D eigenvalue weighted by Crippen LogP contribution is 2.34. The fourth-order valence-corrected chi connectivity index (χ4v) is 4.07. The molecule has 27 heavy (non-hydrogen) atoms. The molecule has 2 amide bonds. The third kappa shape index (κ3) is 4.59. The van der Waals surface area contributed by atoms with Gasteiger partial charge in [0.05, 0.1) is 24.7 Å². The monoisotopic (exact) mass is 371 g/mol. The molecule has 5 heteroatoms. The Morgan fingerprint density at radius 2 is 2.04 bits per heavy atom. The summed E-state index contributed by atoms with van der Waals surface area (Å²) >= 11 is 0. The van der Waals surface area contributed by atoms with E-state index in [0.717, 1.165) is 18.4 Å². The molecule has 0 aromatic heterocycles. The summed E-state index contributed by atoms with van der Waals surface area (Å²) < 4.78 is 11.3. The molecule has 5 atom stereocenters. The highest BCUT2D eigenvalue weighted by Gasteiger charge is 2.41. The second-order valence-corrected chi connectivity index (χ2v) is 7.78. The Morgan fingerprint density at radius 3 is 2.74 bits per heavy atom. The van der Waals surface area contributed by atoms with Crippen molar-refractivity contribution in [1.82, 2.24) is 4.90 Å². The van der Waals surface area contributed by atoms with Gasteiger partial charge in [-0.25, -0.2) is 9.69 Å². The van der Waals surface area contributed by atoms with Crippen LogP contribution in [0, 0.1) is 11.8 Å². The number of amides is 2. The van der Waals surface area contributed by atoms with E-state index in [1.165, 1.54) is 4.90 Å². The fraction of sp³-hybridized carbons (Fsp3) is 0.545. The van der Waals surface area contributed by atoms with E-state index in [4.69, 9.17) is 9.47 Å². The standard InChI is InChI=1S/C22H29NO4/c1-4-8-19-11-15(2)16(3)20(27-19)13-21(24)23-18(14-26-22(23)25)12-17-9-6-5-7-10-17/h4-7,9-10,15-16,18-20H,1,8,11-14H2,2-3H3/t15-,16+,18+,19+,20+/m1/s1.